The third-order valence-corrected chi connectivity index (χ3v) is 4.14. The van der Waals surface area contributed by atoms with E-state index in [1.807, 2.05) is 0 Å². The van der Waals surface area contributed by atoms with Gasteiger partial charge in [0.05, 0.1) is 5.01 Å². The minimum absolute atomic E-state index is 0.648. The Morgan fingerprint density at radius 2 is 2.43 bits per heavy atom. The number of aryl methyl sites for hydroxylation is 1. The molecule has 1 aliphatic rings. The Hall–Kier alpha value is -0.410. The van der Waals surface area contributed by atoms with Gasteiger partial charge in [-0.25, -0.2) is 4.98 Å². The maximum Gasteiger partial charge on any atom is 0.0943 e. The molecule has 78 valence electrons. The highest BCUT2D eigenvalue weighted by molar-refractivity contribution is 7.09. The number of thiazole rings is 1. The van der Waals surface area contributed by atoms with E-state index in [9.17, 15) is 0 Å². The summed E-state index contributed by atoms with van der Waals surface area (Å²) in [4.78, 5) is 4.52. The zero-order chi connectivity index (χ0) is 9.97. The molecule has 1 aliphatic carbocycles. The molecule has 0 saturated heterocycles. The van der Waals surface area contributed by atoms with Gasteiger partial charge < -0.3 is 5.32 Å². The van der Waals surface area contributed by atoms with Crippen molar-refractivity contribution in [1.29, 1.82) is 0 Å². The van der Waals surface area contributed by atoms with Crippen LogP contribution in [0, 0.1) is 12.8 Å². The first-order valence-electron chi connectivity index (χ1n) is 5.38. The molecular formula is C11H18N2S. The molecule has 1 saturated carbocycles. The van der Waals surface area contributed by atoms with Gasteiger partial charge in [0.15, 0.2) is 0 Å². The highest BCUT2D eigenvalue weighted by atomic mass is 32.1. The van der Waals surface area contributed by atoms with Crippen LogP contribution in [0.15, 0.2) is 5.38 Å². The summed E-state index contributed by atoms with van der Waals surface area (Å²) >= 11 is 1.79. The predicted molar refractivity (Wildman–Crippen MR) is 60.7 cm³/mol. The molecule has 1 unspecified atom stereocenters. The first-order valence-corrected chi connectivity index (χ1v) is 6.26. The number of nitrogens with zero attached hydrogens (tertiary/aromatic N) is 1. The van der Waals surface area contributed by atoms with E-state index in [1.54, 1.807) is 11.3 Å². The SMILES string of the molecule is CNC(Cc1nc(C)cs1)C1CCC1. The van der Waals surface area contributed by atoms with E-state index in [0.29, 0.717) is 6.04 Å². The Labute approximate surface area is 89.8 Å². The van der Waals surface area contributed by atoms with Gasteiger partial charge in [-0.2, -0.15) is 0 Å². The summed E-state index contributed by atoms with van der Waals surface area (Å²) in [6.07, 6.45) is 5.32. The van der Waals surface area contributed by atoms with Crippen LogP contribution in [0.4, 0.5) is 0 Å². The number of hydrogen-bond donors (Lipinski definition) is 1. The average molecular weight is 210 g/mol. The molecule has 1 aromatic heterocycles. The molecule has 0 radical (unpaired) electrons. The van der Waals surface area contributed by atoms with Crippen molar-refractivity contribution < 1.29 is 0 Å². The van der Waals surface area contributed by atoms with E-state index in [0.717, 1.165) is 18.0 Å². The van der Waals surface area contributed by atoms with Gasteiger partial charge in [0.1, 0.15) is 0 Å². The van der Waals surface area contributed by atoms with E-state index >= 15 is 0 Å². The second-order valence-electron chi connectivity index (χ2n) is 4.17. The summed E-state index contributed by atoms with van der Waals surface area (Å²) in [5.41, 5.74) is 1.16. The van der Waals surface area contributed by atoms with Crippen LogP contribution in [-0.4, -0.2) is 18.1 Å². The zero-order valence-electron chi connectivity index (χ0n) is 8.92. The minimum Gasteiger partial charge on any atom is -0.316 e. The van der Waals surface area contributed by atoms with Gasteiger partial charge in [0.2, 0.25) is 0 Å². The van der Waals surface area contributed by atoms with Crippen molar-refractivity contribution in [2.45, 2.75) is 38.6 Å². The topological polar surface area (TPSA) is 24.9 Å². The van der Waals surface area contributed by atoms with E-state index in [1.165, 1.54) is 24.3 Å². The first-order chi connectivity index (χ1) is 6.79. The molecule has 0 bridgehead atoms. The van der Waals surface area contributed by atoms with Gasteiger partial charge in [0.25, 0.3) is 0 Å². The molecule has 1 fully saturated rings. The van der Waals surface area contributed by atoms with E-state index < -0.39 is 0 Å². The minimum atomic E-state index is 0.648. The van der Waals surface area contributed by atoms with Gasteiger partial charge >= 0.3 is 0 Å². The van der Waals surface area contributed by atoms with Gasteiger partial charge in [0, 0.05) is 23.5 Å². The quantitative estimate of drug-likeness (QED) is 0.825. The maximum absolute atomic E-state index is 4.52. The molecule has 1 atom stereocenters. The van der Waals surface area contributed by atoms with Crippen molar-refractivity contribution in [1.82, 2.24) is 10.3 Å². The van der Waals surface area contributed by atoms with E-state index in [-0.39, 0.29) is 0 Å². The molecule has 0 aliphatic heterocycles. The monoisotopic (exact) mass is 210 g/mol. The van der Waals surface area contributed by atoms with Crippen LogP contribution in [0.5, 0.6) is 0 Å². The van der Waals surface area contributed by atoms with Crippen LogP contribution in [0.3, 0.4) is 0 Å². The molecule has 0 spiro atoms. The maximum atomic E-state index is 4.52. The summed E-state index contributed by atoms with van der Waals surface area (Å²) in [6.45, 7) is 2.07. The molecule has 1 heterocycles. The summed E-state index contributed by atoms with van der Waals surface area (Å²) in [6, 6.07) is 0.648. The van der Waals surface area contributed by atoms with Crippen LogP contribution in [-0.2, 0) is 6.42 Å². The predicted octanol–water partition coefficient (Wildman–Crippen LogP) is 2.38. The number of likely N-dealkylation sites (N-methyl/N-ethyl adjacent to an activating group) is 1. The molecule has 0 aromatic carbocycles. The van der Waals surface area contributed by atoms with Gasteiger partial charge in [-0.05, 0) is 32.7 Å². The smallest absolute Gasteiger partial charge is 0.0943 e. The highest BCUT2D eigenvalue weighted by Gasteiger charge is 2.26. The average Bonchev–Trinajstić information content (AvgIpc) is 2.47. The van der Waals surface area contributed by atoms with Crippen molar-refractivity contribution in [2.24, 2.45) is 5.92 Å². The zero-order valence-corrected chi connectivity index (χ0v) is 9.73. The van der Waals surface area contributed by atoms with E-state index in [4.69, 9.17) is 0 Å². The molecular weight excluding hydrogens is 192 g/mol. The Morgan fingerprint density at radius 3 is 2.86 bits per heavy atom. The Balaban J connectivity index is 1.93. The largest absolute Gasteiger partial charge is 0.316 e. The van der Waals surface area contributed by atoms with Crippen molar-refractivity contribution in [3.05, 3.63) is 16.1 Å². The molecule has 0 amide bonds. The standard InChI is InChI=1S/C11H18N2S/c1-8-7-14-11(13-8)6-10(12-2)9-4-3-5-9/h7,9-10,12H,3-6H2,1-2H3. The molecule has 2 rings (SSSR count). The van der Waals surface area contributed by atoms with Crippen LogP contribution >= 0.6 is 11.3 Å². The fourth-order valence-electron chi connectivity index (χ4n) is 2.03. The Morgan fingerprint density at radius 1 is 1.64 bits per heavy atom. The Kier molecular flexibility index (Phi) is 3.19. The summed E-state index contributed by atoms with van der Waals surface area (Å²) in [7, 11) is 2.07. The lowest BCUT2D eigenvalue weighted by Crippen LogP contribution is -2.38. The number of aromatic nitrogens is 1. The molecule has 1 aromatic rings. The fourth-order valence-corrected chi connectivity index (χ4v) is 2.86. The number of rotatable bonds is 4. The van der Waals surface area contributed by atoms with Crippen molar-refractivity contribution >= 4 is 11.3 Å². The molecule has 14 heavy (non-hydrogen) atoms. The van der Waals surface area contributed by atoms with Crippen LogP contribution in [0.25, 0.3) is 0 Å². The third-order valence-electron chi connectivity index (χ3n) is 3.15. The molecule has 1 N–H and O–H groups in total. The molecule has 2 nitrogen and oxygen atoms in total. The second-order valence-corrected chi connectivity index (χ2v) is 5.12. The number of nitrogens with one attached hydrogen (secondary N) is 1. The summed E-state index contributed by atoms with van der Waals surface area (Å²) in [5.74, 6) is 0.893. The van der Waals surface area contributed by atoms with Gasteiger partial charge in [-0.15, -0.1) is 11.3 Å². The summed E-state index contributed by atoms with van der Waals surface area (Å²) in [5, 5.41) is 6.86. The van der Waals surface area contributed by atoms with Crippen molar-refractivity contribution in [3.8, 4) is 0 Å². The third kappa shape index (κ3) is 2.15. The Bertz CT molecular complexity index is 291. The van der Waals surface area contributed by atoms with Crippen LogP contribution < -0.4 is 5.32 Å². The lowest BCUT2D eigenvalue weighted by atomic mass is 9.79. The van der Waals surface area contributed by atoms with Crippen molar-refractivity contribution in [3.63, 3.8) is 0 Å². The lowest BCUT2D eigenvalue weighted by Gasteiger charge is -2.33. The van der Waals surface area contributed by atoms with Crippen molar-refractivity contribution in [2.75, 3.05) is 7.05 Å². The lowest BCUT2D eigenvalue weighted by molar-refractivity contribution is 0.235. The van der Waals surface area contributed by atoms with Crippen LogP contribution in [0.1, 0.15) is 30.0 Å². The molecule has 3 heteroatoms. The fraction of sp³-hybridized carbons (Fsp3) is 0.727. The normalized spacial score (nSPS) is 19.3. The van der Waals surface area contributed by atoms with Gasteiger partial charge in [-0.1, -0.05) is 6.42 Å². The van der Waals surface area contributed by atoms with Crippen LogP contribution in [0.2, 0.25) is 0 Å². The first kappa shape index (κ1) is 10.1. The number of hydrogen-bond acceptors (Lipinski definition) is 3. The summed E-state index contributed by atoms with van der Waals surface area (Å²) < 4.78 is 0. The highest BCUT2D eigenvalue weighted by Crippen LogP contribution is 2.31. The second kappa shape index (κ2) is 4.41. The van der Waals surface area contributed by atoms with Gasteiger partial charge in [-0.3, -0.25) is 0 Å². The van der Waals surface area contributed by atoms with E-state index in [2.05, 4.69) is 29.7 Å².